The van der Waals surface area contributed by atoms with Crippen LogP contribution in [0.2, 0.25) is 0 Å². The predicted octanol–water partition coefficient (Wildman–Crippen LogP) is 2.51. The highest BCUT2D eigenvalue weighted by Crippen LogP contribution is 2.28. The lowest BCUT2D eigenvalue weighted by Crippen LogP contribution is -2.52. The van der Waals surface area contributed by atoms with E-state index in [0.29, 0.717) is 13.2 Å². The summed E-state index contributed by atoms with van der Waals surface area (Å²) < 4.78 is 5.73. The molecule has 1 aliphatic rings. The van der Waals surface area contributed by atoms with E-state index in [4.69, 9.17) is 4.74 Å². The zero-order valence-electron chi connectivity index (χ0n) is 15.5. The smallest absolute Gasteiger partial charge is 0.234 e. The molecule has 0 aromatic heterocycles. The Morgan fingerprint density at radius 1 is 1.17 bits per heavy atom. The fourth-order valence-corrected chi connectivity index (χ4v) is 2.85. The van der Waals surface area contributed by atoms with Crippen molar-refractivity contribution in [3.63, 3.8) is 0 Å². The number of nitrogens with one attached hydrogen (secondary N) is 1. The van der Waals surface area contributed by atoms with Gasteiger partial charge in [0.25, 0.3) is 0 Å². The number of carbonyl (C=O) groups is 1. The largest absolute Gasteiger partial charge is 0.492 e. The van der Waals surface area contributed by atoms with Gasteiger partial charge in [-0.25, -0.2) is 0 Å². The third-order valence-corrected chi connectivity index (χ3v) is 4.61. The van der Waals surface area contributed by atoms with Gasteiger partial charge in [0.1, 0.15) is 5.75 Å². The molecule has 0 saturated carbocycles. The molecule has 0 radical (unpaired) electrons. The van der Waals surface area contributed by atoms with Crippen molar-refractivity contribution in [1.82, 2.24) is 10.2 Å². The molecule has 0 unspecified atom stereocenters. The van der Waals surface area contributed by atoms with Crippen LogP contribution in [0.1, 0.15) is 34.1 Å². The number of rotatable bonds is 7. The summed E-state index contributed by atoms with van der Waals surface area (Å²) in [4.78, 5) is 16.8. The van der Waals surface area contributed by atoms with E-state index in [2.05, 4.69) is 42.0 Å². The molecular weight excluding hydrogens is 302 g/mol. The van der Waals surface area contributed by atoms with Crippen molar-refractivity contribution < 1.29 is 9.53 Å². The summed E-state index contributed by atoms with van der Waals surface area (Å²) in [6, 6.07) is 8.18. The normalized spacial score (nSPS) is 16.1. The van der Waals surface area contributed by atoms with Crippen LogP contribution >= 0.6 is 0 Å². The minimum atomic E-state index is -0.130. The first-order chi connectivity index (χ1) is 11.4. The predicted molar refractivity (Wildman–Crippen MR) is 98.8 cm³/mol. The molecule has 1 saturated heterocycles. The van der Waals surface area contributed by atoms with Crippen LogP contribution in [0.25, 0.3) is 0 Å². The molecule has 0 bridgehead atoms. The Bertz CT molecular complexity index is 537. The van der Waals surface area contributed by atoms with Crippen molar-refractivity contribution >= 4 is 11.6 Å². The zero-order chi connectivity index (χ0) is 17.6. The fourth-order valence-electron chi connectivity index (χ4n) is 2.85. The third kappa shape index (κ3) is 5.13. The molecule has 1 heterocycles. The molecule has 1 aliphatic heterocycles. The summed E-state index contributed by atoms with van der Waals surface area (Å²) in [7, 11) is 0. The Labute approximate surface area is 146 Å². The molecule has 0 aliphatic carbocycles. The van der Waals surface area contributed by atoms with Crippen LogP contribution in [-0.4, -0.2) is 55.7 Å². The number of hydrogen-bond acceptors (Lipinski definition) is 4. The average Bonchev–Trinajstić information content (AvgIpc) is 2.56. The SMILES string of the molecule is CCOc1ccccc1N1CCN(CC(=O)NC(C)(C)CC)CC1. The van der Waals surface area contributed by atoms with E-state index in [0.717, 1.165) is 44.0 Å². The maximum absolute atomic E-state index is 12.2. The minimum absolute atomic E-state index is 0.116. The lowest BCUT2D eigenvalue weighted by molar-refractivity contribution is -0.123. The van der Waals surface area contributed by atoms with Crippen LogP contribution in [0.15, 0.2) is 24.3 Å². The van der Waals surface area contributed by atoms with Crippen LogP contribution in [0.3, 0.4) is 0 Å². The van der Waals surface area contributed by atoms with Gasteiger partial charge < -0.3 is 15.0 Å². The van der Waals surface area contributed by atoms with E-state index in [1.165, 1.54) is 0 Å². The summed E-state index contributed by atoms with van der Waals surface area (Å²) >= 11 is 0. The number of ether oxygens (including phenoxy) is 1. The lowest BCUT2D eigenvalue weighted by Gasteiger charge is -2.37. The fraction of sp³-hybridized carbons (Fsp3) is 0.632. The highest BCUT2D eigenvalue weighted by atomic mass is 16.5. The number of nitrogens with zero attached hydrogens (tertiary/aromatic N) is 2. The van der Waals surface area contributed by atoms with Crippen molar-refractivity contribution in [2.75, 3.05) is 44.2 Å². The highest BCUT2D eigenvalue weighted by molar-refractivity contribution is 5.78. The molecule has 1 aromatic carbocycles. The molecule has 0 spiro atoms. The van der Waals surface area contributed by atoms with Gasteiger partial charge in [-0.05, 0) is 39.3 Å². The van der Waals surface area contributed by atoms with Gasteiger partial charge in [0.2, 0.25) is 5.91 Å². The second kappa shape index (κ2) is 8.38. The van der Waals surface area contributed by atoms with Gasteiger partial charge in [0, 0.05) is 31.7 Å². The Morgan fingerprint density at radius 2 is 1.83 bits per heavy atom. The first-order valence-electron chi connectivity index (χ1n) is 8.95. The summed E-state index contributed by atoms with van der Waals surface area (Å²) in [6.07, 6.45) is 0.931. The van der Waals surface area contributed by atoms with Crippen LogP contribution < -0.4 is 15.0 Å². The Hall–Kier alpha value is -1.75. The quantitative estimate of drug-likeness (QED) is 0.833. The van der Waals surface area contributed by atoms with E-state index in [1.807, 2.05) is 25.1 Å². The number of benzene rings is 1. The van der Waals surface area contributed by atoms with Crippen molar-refractivity contribution in [2.24, 2.45) is 0 Å². The topological polar surface area (TPSA) is 44.8 Å². The average molecular weight is 333 g/mol. The maximum atomic E-state index is 12.2. The van der Waals surface area contributed by atoms with Gasteiger partial charge in [-0.3, -0.25) is 9.69 Å². The van der Waals surface area contributed by atoms with Crippen LogP contribution in [0.4, 0.5) is 5.69 Å². The molecule has 5 nitrogen and oxygen atoms in total. The number of amides is 1. The van der Waals surface area contributed by atoms with Crippen molar-refractivity contribution in [3.8, 4) is 5.75 Å². The molecule has 1 aromatic rings. The first kappa shape index (κ1) is 18.6. The monoisotopic (exact) mass is 333 g/mol. The highest BCUT2D eigenvalue weighted by Gasteiger charge is 2.23. The first-order valence-corrected chi connectivity index (χ1v) is 8.95. The number of para-hydroxylation sites is 2. The summed E-state index contributed by atoms with van der Waals surface area (Å²) in [5, 5.41) is 3.11. The Kier molecular flexibility index (Phi) is 6.49. The van der Waals surface area contributed by atoms with Crippen molar-refractivity contribution in [3.05, 3.63) is 24.3 Å². The van der Waals surface area contributed by atoms with Crippen LogP contribution in [0, 0.1) is 0 Å². The number of anilines is 1. The van der Waals surface area contributed by atoms with Crippen molar-refractivity contribution in [2.45, 2.75) is 39.7 Å². The standard InChI is InChI=1S/C19H31N3O2/c1-5-19(3,4)20-18(23)15-21-11-13-22(14-12-21)16-9-7-8-10-17(16)24-6-2/h7-10H,5-6,11-15H2,1-4H3,(H,20,23). The Balaban J connectivity index is 1.87. The van der Waals surface area contributed by atoms with Gasteiger partial charge in [-0.1, -0.05) is 19.1 Å². The molecule has 24 heavy (non-hydrogen) atoms. The van der Waals surface area contributed by atoms with E-state index in [-0.39, 0.29) is 11.4 Å². The van der Waals surface area contributed by atoms with Gasteiger partial charge in [-0.2, -0.15) is 0 Å². The lowest BCUT2D eigenvalue weighted by atomic mass is 10.0. The van der Waals surface area contributed by atoms with Gasteiger partial charge in [-0.15, -0.1) is 0 Å². The molecule has 0 atom stereocenters. The third-order valence-electron chi connectivity index (χ3n) is 4.61. The zero-order valence-corrected chi connectivity index (χ0v) is 15.5. The number of carbonyl (C=O) groups excluding carboxylic acids is 1. The second-order valence-corrected chi connectivity index (χ2v) is 6.95. The number of piperazine rings is 1. The number of hydrogen-bond donors (Lipinski definition) is 1. The second-order valence-electron chi connectivity index (χ2n) is 6.95. The van der Waals surface area contributed by atoms with Gasteiger partial charge in [0.15, 0.2) is 0 Å². The summed E-state index contributed by atoms with van der Waals surface area (Å²) in [6.45, 7) is 13.0. The van der Waals surface area contributed by atoms with Gasteiger partial charge >= 0.3 is 0 Å². The summed E-state index contributed by atoms with van der Waals surface area (Å²) in [5.41, 5.74) is 1.02. The van der Waals surface area contributed by atoms with E-state index >= 15 is 0 Å². The van der Waals surface area contributed by atoms with Crippen molar-refractivity contribution in [1.29, 1.82) is 0 Å². The van der Waals surface area contributed by atoms with Crippen LogP contribution in [0.5, 0.6) is 5.75 Å². The maximum Gasteiger partial charge on any atom is 0.234 e. The van der Waals surface area contributed by atoms with E-state index < -0.39 is 0 Å². The molecule has 5 heteroatoms. The Morgan fingerprint density at radius 3 is 2.46 bits per heavy atom. The van der Waals surface area contributed by atoms with E-state index in [1.54, 1.807) is 0 Å². The molecule has 134 valence electrons. The minimum Gasteiger partial charge on any atom is -0.492 e. The van der Waals surface area contributed by atoms with E-state index in [9.17, 15) is 4.79 Å². The van der Waals surface area contributed by atoms with Crippen LogP contribution in [-0.2, 0) is 4.79 Å². The summed E-state index contributed by atoms with van der Waals surface area (Å²) in [5.74, 6) is 1.06. The molecular formula is C19H31N3O2. The molecule has 1 N–H and O–H groups in total. The molecule has 2 rings (SSSR count). The molecule has 1 amide bonds. The van der Waals surface area contributed by atoms with Gasteiger partial charge in [0.05, 0.1) is 18.8 Å². The molecule has 1 fully saturated rings.